The molecule has 6 aromatic rings. The number of amides is 1. The number of carbonyl (C=O) groups excluding carboxylic acids is 1. The molecule has 0 bridgehead atoms. The number of benzene rings is 2. The van der Waals surface area contributed by atoms with Gasteiger partial charge in [-0.15, -0.1) is 10.2 Å². The SMILES string of the molecule is Cn1ncc2cc(Cn3nc(C(=O)NCCc4nnc5ccccn45)c4ccccc43)ccc21. The average Bonchev–Trinajstić information content (AvgIpc) is 3.55. The van der Waals surface area contributed by atoms with Gasteiger partial charge in [0.05, 0.1) is 23.8 Å². The number of aromatic nitrogens is 7. The lowest BCUT2D eigenvalue weighted by Gasteiger charge is -2.05. The first kappa shape index (κ1) is 20.1. The highest BCUT2D eigenvalue weighted by Crippen LogP contribution is 2.21. The molecule has 0 saturated carbocycles. The monoisotopic (exact) mass is 450 g/mol. The molecule has 1 amide bonds. The van der Waals surface area contributed by atoms with Crippen LogP contribution in [0.25, 0.3) is 27.5 Å². The highest BCUT2D eigenvalue weighted by Gasteiger charge is 2.17. The van der Waals surface area contributed by atoms with Gasteiger partial charge in [0.15, 0.2) is 11.3 Å². The Bertz CT molecular complexity index is 1660. The number of hydrogen-bond donors (Lipinski definition) is 1. The summed E-state index contributed by atoms with van der Waals surface area (Å²) >= 11 is 0. The maximum Gasteiger partial charge on any atom is 0.272 e. The van der Waals surface area contributed by atoms with Gasteiger partial charge in [-0.05, 0) is 35.9 Å². The van der Waals surface area contributed by atoms with Crippen LogP contribution >= 0.6 is 0 Å². The Morgan fingerprint density at radius 1 is 1.00 bits per heavy atom. The molecule has 0 saturated heterocycles. The van der Waals surface area contributed by atoms with Crippen LogP contribution in [0.3, 0.4) is 0 Å². The van der Waals surface area contributed by atoms with E-state index >= 15 is 0 Å². The molecule has 0 aliphatic rings. The normalized spacial score (nSPS) is 11.6. The van der Waals surface area contributed by atoms with Gasteiger partial charge in [0, 0.05) is 37.0 Å². The van der Waals surface area contributed by atoms with Crippen molar-refractivity contribution < 1.29 is 4.79 Å². The third-order valence-electron chi connectivity index (χ3n) is 6.03. The smallest absolute Gasteiger partial charge is 0.272 e. The summed E-state index contributed by atoms with van der Waals surface area (Å²) in [5, 5.41) is 22.3. The molecule has 0 radical (unpaired) electrons. The number of nitrogens with one attached hydrogen (secondary N) is 1. The Morgan fingerprint density at radius 3 is 2.82 bits per heavy atom. The molecule has 4 heterocycles. The first-order chi connectivity index (χ1) is 16.7. The summed E-state index contributed by atoms with van der Waals surface area (Å²) in [7, 11) is 1.93. The van der Waals surface area contributed by atoms with Crippen LogP contribution in [0.1, 0.15) is 21.9 Å². The quantitative estimate of drug-likeness (QED) is 0.421. The lowest BCUT2D eigenvalue weighted by molar-refractivity contribution is 0.0949. The van der Waals surface area contributed by atoms with Gasteiger partial charge < -0.3 is 5.32 Å². The predicted octanol–water partition coefficient (Wildman–Crippen LogP) is 2.99. The van der Waals surface area contributed by atoms with Crippen molar-refractivity contribution in [1.29, 1.82) is 0 Å². The van der Waals surface area contributed by atoms with E-state index in [-0.39, 0.29) is 5.91 Å². The summed E-state index contributed by atoms with van der Waals surface area (Å²) in [5.41, 5.74) is 4.30. The molecule has 0 unspecified atom stereocenters. The number of para-hydroxylation sites is 1. The average molecular weight is 451 g/mol. The van der Waals surface area contributed by atoms with Crippen molar-refractivity contribution in [2.45, 2.75) is 13.0 Å². The molecule has 0 aliphatic heterocycles. The van der Waals surface area contributed by atoms with Crippen molar-refractivity contribution in [3.05, 3.63) is 90.1 Å². The Balaban J connectivity index is 1.23. The van der Waals surface area contributed by atoms with E-state index < -0.39 is 0 Å². The fourth-order valence-electron chi connectivity index (χ4n) is 4.33. The van der Waals surface area contributed by atoms with Crippen LogP contribution in [0.2, 0.25) is 0 Å². The maximum atomic E-state index is 13.1. The molecule has 9 heteroatoms. The molecule has 0 spiro atoms. The summed E-state index contributed by atoms with van der Waals surface area (Å²) in [6.45, 7) is 0.998. The second-order valence-electron chi connectivity index (χ2n) is 8.24. The Hall–Kier alpha value is -4.53. The van der Waals surface area contributed by atoms with Crippen LogP contribution in [0.4, 0.5) is 0 Å². The number of aryl methyl sites for hydroxylation is 1. The van der Waals surface area contributed by atoms with Gasteiger partial charge in [-0.25, -0.2) is 0 Å². The molecule has 34 heavy (non-hydrogen) atoms. The van der Waals surface area contributed by atoms with Gasteiger partial charge in [-0.3, -0.25) is 18.6 Å². The number of rotatable bonds is 6. The molecule has 0 fully saturated rings. The summed E-state index contributed by atoms with van der Waals surface area (Å²) in [5.74, 6) is 0.601. The fraction of sp³-hybridized carbons (Fsp3) is 0.160. The molecule has 9 nitrogen and oxygen atoms in total. The second-order valence-corrected chi connectivity index (χ2v) is 8.24. The Labute approximate surface area is 194 Å². The van der Waals surface area contributed by atoms with Crippen LogP contribution in [-0.2, 0) is 20.0 Å². The van der Waals surface area contributed by atoms with Crippen molar-refractivity contribution in [3.8, 4) is 0 Å². The number of nitrogens with zero attached hydrogens (tertiary/aromatic N) is 7. The zero-order valence-corrected chi connectivity index (χ0v) is 18.6. The molecule has 2 aromatic carbocycles. The summed E-state index contributed by atoms with van der Waals surface area (Å²) < 4.78 is 5.66. The molecule has 168 valence electrons. The van der Waals surface area contributed by atoms with Gasteiger partial charge in [0.1, 0.15) is 5.82 Å². The second kappa shape index (κ2) is 8.11. The number of fused-ring (bicyclic) bond motifs is 3. The van der Waals surface area contributed by atoms with E-state index in [9.17, 15) is 4.79 Å². The molecular formula is C25H22N8O. The molecule has 0 aliphatic carbocycles. The lowest BCUT2D eigenvalue weighted by Crippen LogP contribution is -2.27. The number of pyridine rings is 1. The van der Waals surface area contributed by atoms with E-state index in [4.69, 9.17) is 0 Å². The van der Waals surface area contributed by atoms with E-state index in [1.807, 2.05) is 75.7 Å². The minimum Gasteiger partial charge on any atom is -0.350 e. The highest BCUT2D eigenvalue weighted by atomic mass is 16.1. The van der Waals surface area contributed by atoms with Crippen LogP contribution in [-0.4, -0.2) is 46.6 Å². The van der Waals surface area contributed by atoms with E-state index in [1.165, 1.54) is 0 Å². The number of hydrogen-bond acceptors (Lipinski definition) is 5. The van der Waals surface area contributed by atoms with Gasteiger partial charge in [-0.2, -0.15) is 10.2 Å². The number of carbonyl (C=O) groups is 1. The third kappa shape index (κ3) is 3.47. The first-order valence-electron chi connectivity index (χ1n) is 11.1. The molecule has 0 atom stereocenters. The van der Waals surface area contributed by atoms with Crippen molar-refractivity contribution in [2.24, 2.45) is 7.05 Å². The van der Waals surface area contributed by atoms with Gasteiger partial charge in [0.25, 0.3) is 5.91 Å². The predicted molar refractivity (Wildman–Crippen MR) is 129 cm³/mol. The standard InChI is InChI=1S/C25H22N8O/c1-31-20-10-9-17(14-18(20)15-27-31)16-33-21-7-3-2-6-19(21)24(30-33)25(34)26-12-11-23-29-28-22-8-4-5-13-32(22)23/h2-10,13-15H,11-12,16H2,1H3,(H,26,34). The highest BCUT2D eigenvalue weighted by molar-refractivity contribution is 6.04. The van der Waals surface area contributed by atoms with Crippen LogP contribution < -0.4 is 5.32 Å². The van der Waals surface area contributed by atoms with Gasteiger partial charge in [0.2, 0.25) is 0 Å². The first-order valence-corrected chi connectivity index (χ1v) is 11.1. The summed E-state index contributed by atoms with van der Waals surface area (Å²) in [6.07, 6.45) is 4.35. The zero-order chi connectivity index (χ0) is 23.1. The molecule has 4 aromatic heterocycles. The molecule has 6 rings (SSSR count). The summed E-state index contributed by atoms with van der Waals surface area (Å²) in [4.78, 5) is 13.1. The Morgan fingerprint density at radius 2 is 1.88 bits per heavy atom. The lowest BCUT2D eigenvalue weighted by atomic mass is 10.1. The van der Waals surface area contributed by atoms with E-state index in [2.05, 4.69) is 43.9 Å². The van der Waals surface area contributed by atoms with Crippen molar-refractivity contribution in [2.75, 3.05) is 6.54 Å². The Kier molecular flexibility index (Phi) is 4.80. The van der Waals surface area contributed by atoms with Crippen molar-refractivity contribution in [1.82, 2.24) is 39.5 Å². The van der Waals surface area contributed by atoms with Crippen LogP contribution in [0, 0.1) is 0 Å². The topological polar surface area (TPSA) is 94.9 Å². The minimum atomic E-state index is -0.202. The zero-order valence-electron chi connectivity index (χ0n) is 18.6. The van der Waals surface area contributed by atoms with Crippen molar-refractivity contribution >= 4 is 33.4 Å². The van der Waals surface area contributed by atoms with Crippen molar-refractivity contribution in [3.63, 3.8) is 0 Å². The van der Waals surface area contributed by atoms with E-state index in [0.717, 1.165) is 38.8 Å². The minimum absolute atomic E-state index is 0.202. The maximum absolute atomic E-state index is 13.1. The fourth-order valence-corrected chi connectivity index (χ4v) is 4.33. The van der Waals surface area contributed by atoms with Crippen LogP contribution in [0.5, 0.6) is 0 Å². The van der Waals surface area contributed by atoms with E-state index in [0.29, 0.717) is 25.2 Å². The molecular weight excluding hydrogens is 428 g/mol. The van der Waals surface area contributed by atoms with E-state index in [1.54, 1.807) is 0 Å². The largest absolute Gasteiger partial charge is 0.350 e. The summed E-state index contributed by atoms with van der Waals surface area (Å²) in [6, 6.07) is 19.8. The third-order valence-corrected chi connectivity index (χ3v) is 6.03. The van der Waals surface area contributed by atoms with Gasteiger partial charge in [-0.1, -0.05) is 30.3 Å². The van der Waals surface area contributed by atoms with Gasteiger partial charge >= 0.3 is 0 Å². The van der Waals surface area contributed by atoms with Crippen LogP contribution in [0.15, 0.2) is 73.1 Å². The molecule has 1 N–H and O–H groups in total.